The van der Waals surface area contributed by atoms with Gasteiger partial charge in [0.15, 0.2) is 0 Å². The van der Waals surface area contributed by atoms with E-state index >= 15 is 0 Å². The molecule has 0 bridgehead atoms. The number of carboxylic acid groups (broad SMARTS) is 1. The van der Waals surface area contributed by atoms with Gasteiger partial charge in [-0.2, -0.15) is 0 Å². The Morgan fingerprint density at radius 2 is 1.75 bits per heavy atom. The molecule has 2 aromatic carbocycles. The van der Waals surface area contributed by atoms with Gasteiger partial charge in [0.2, 0.25) is 0 Å². The monoisotopic (exact) mass is 371 g/mol. The van der Waals surface area contributed by atoms with Crippen molar-refractivity contribution in [2.24, 2.45) is 11.8 Å². The Morgan fingerprint density at radius 3 is 2.46 bits per heavy atom. The molecule has 0 radical (unpaired) electrons. The number of rotatable bonds is 4. The molecule has 1 atom stereocenters. The van der Waals surface area contributed by atoms with Crippen LogP contribution >= 0.6 is 0 Å². The minimum atomic E-state index is -0.880. The second-order valence-electron chi connectivity index (χ2n) is 8.25. The molecule has 0 spiro atoms. The normalized spacial score (nSPS) is 19.1. The molecule has 3 heteroatoms. The third kappa shape index (κ3) is 2.95. The summed E-state index contributed by atoms with van der Waals surface area (Å²) >= 11 is 0. The number of benzene rings is 2. The molecule has 1 aromatic heterocycles. The summed E-state index contributed by atoms with van der Waals surface area (Å²) in [6, 6.07) is 20.1. The fourth-order valence-electron chi connectivity index (χ4n) is 4.97. The first-order chi connectivity index (χ1) is 13.7. The third-order valence-corrected chi connectivity index (χ3v) is 6.66. The molecule has 0 aliphatic heterocycles. The number of fused-ring (bicyclic) bond motifs is 1. The Hall–Kier alpha value is -2.81. The lowest BCUT2D eigenvalue weighted by Crippen LogP contribution is -2.27. The second-order valence-corrected chi connectivity index (χ2v) is 8.25. The van der Waals surface area contributed by atoms with Gasteiger partial charge in [-0.25, -0.2) is 4.79 Å². The van der Waals surface area contributed by atoms with Crippen molar-refractivity contribution in [2.45, 2.75) is 38.5 Å². The number of carbonyl (C=O) groups is 1. The molecular weight excluding hydrogens is 346 g/mol. The fraction of sp³-hybridized carbons (Fsp3) is 0.320. The van der Waals surface area contributed by atoms with Crippen LogP contribution in [-0.4, -0.2) is 15.6 Å². The first kappa shape index (κ1) is 17.3. The van der Waals surface area contributed by atoms with Crippen LogP contribution in [0.4, 0.5) is 0 Å². The highest BCUT2D eigenvalue weighted by molar-refractivity contribution is 5.88. The molecule has 3 aromatic rings. The standard InChI is InChI=1S/C25H25NO2/c27-25(28)20-10-5-11-22(15-20)26-23-13-12-19(17-8-4-9-17)14-21(23)16-24(26)18-6-2-1-3-7-18/h1-3,5-7,10-11,15-17,19H,4,8-9,12-14H2,(H,27,28). The van der Waals surface area contributed by atoms with Gasteiger partial charge in [-0.3, -0.25) is 0 Å². The zero-order chi connectivity index (χ0) is 19.1. The quantitative estimate of drug-likeness (QED) is 0.635. The molecule has 5 rings (SSSR count). The van der Waals surface area contributed by atoms with Gasteiger partial charge >= 0.3 is 5.97 Å². The molecule has 1 saturated carbocycles. The van der Waals surface area contributed by atoms with Gasteiger partial charge < -0.3 is 9.67 Å². The van der Waals surface area contributed by atoms with Crippen LogP contribution in [-0.2, 0) is 12.8 Å². The summed E-state index contributed by atoms with van der Waals surface area (Å²) in [4.78, 5) is 11.5. The lowest BCUT2D eigenvalue weighted by Gasteiger charge is -2.36. The Morgan fingerprint density at radius 1 is 0.929 bits per heavy atom. The molecule has 2 aliphatic rings. The molecule has 28 heavy (non-hydrogen) atoms. The van der Waals surface area contributed by atoms with Gasteiger partial charge in [-0.15, -0.1) is 0 Å². The van der Waals surface area contributed by atoms with E-state index in [4.69, 9.17) is 0 Å². The van der Waals surface area contributed by atoms with Crippen LogP contribution in [0.5, 0.6) is 0 Å². The van der Waals surface area contributed by atoms with E-state index in [0.29, 0.717) is 5.56 Å². The Kier molecular flexibility index (Phi) is 4.31. The van der Waals surface area contributed by atoms with Gasteiger partial charge in [-0.1, -0.05) is 55.7 Å². The maximum absolute atomic E-state index is 11.5. The summed E-state index contributed by atoms with van der Waals surface area (Å²) in [5, 5.41) is 9.45. The number of hydrogen-bond acceptors (Lipinski definition) is 1. The van der Waals surface area contributed by atoms with Gasteiger partial charge in [0.1, 0.15) is 0 Å². The van der Waals surface area contributed by atoms with E-state index in [1.54, 1.807) is 12.1 Å². The molecule has 0 amide bonds. The minimum absolute atomic E-state index is 0.335. The summed E-state index contributed by atoms with van der Waals surface area (Å²) in [5.41, 5.74) is 6.43. The molecule has 142 valence electrons. The highest BCUT2D eigenvalue weighted by atomic mass is 16.4. The van der Waals surface area contributed by atoms with Crippen molar-refractivity contribution in [3.8, 4) is 16.9 Å². The smallest absolute Gasteiger partial charge is 0.335 e. The predicted octanol–water partition coefficient (Wildman–Crippen LogP) is 5.75. The van der Waals surface area contributed by atoms with Crippen molar-refractivity contribution >= 4 is 5.97 Å². The molecule has 3 nitrogen and oxygen atoms in total. The maximum Gasteiger partial charge on any atom is 0.335 e. The topological polar surface area (TPSA) is 42.2 Å². The van der Waals surface area contributed by atoms with E-state index in [0.717, 1.165) is 30.4 Å². The van der Waals surface area contributed by atoms with Crippen molar-refractivity contribution in [3.05, 3.63) is 77.5 Å². The van der Waals surface area contributed by atoms with Gasteiger partial charge in [0.05, 0.1) is 11.3 Å². The minimum Gasteiger partial charge on any atom is -0.478 e. The van der Waals surface area contributed by atoms with Crippen molar-refractivity contribution in [1.82, 2.24) is 4.57 Å². The van der Waals surface area contributed by atoms with Crippen LogP contribution < -0.4 is 0 Å². The number of aromatic nitrogens is 1. The molecule has 1 heterocycles. The zero-order valence-electron chi connectivity index (χ0n) is 16.0. The van der Waals surface area contributed by atoms with Crippen LogP contribution in [0.2, 0.25) is 0 Å². The van der Waals surface area contributed by atoms with Crippen molar-refractivity contribution < 1.29 is 9.90 Å². The first-order valence-electron chi connectivity index (χ1n) is 10.3. The van der Waals surface area contributed by atoms with Gasteiger partial charge in [0, 0.05) is 11.4 Å². The lowest BCUT2D eigenvalue weighted by atomic mass is 9.70. The highest BCUT2D eigenvalue weighted by Gasteiger charge is 2.32. The van der Waals surface area contributed by atoms with Gasteiger partial charge in [0.25, 0.3) is 0 Å². The van der Waals surface area contributed by atoms with Crippen LogP contribution in [0.25, 0.3) is 16.9 Å². The molecule has 1 fully saturated rings. The average molecular weight is 371 g/mol. The SMILES string of the molecule is O=C(O)c1cccc(-n2c(-c3ccccc3)cc3c2CCC(C2CCC2)C3)c1. The van der Waals surface area contributed by atoms with Crippen LogP contribution in [0.3, 0.4) is 0 Å². The average Bonchev–Trinajstić information content (AvgIpc) is 3.06. The third-order valence-electron chi connectivity index (χ3n) is 6.66. The van der Waals surface area contributed by atoms with E-state index in [9.17, 15) is 9.90 Å². The van der Waals surface area contributed by atoms with Crippen LogP contribution in [0.1, 0.15) is 47.3 Å². The van der Waals surface area contributed by atoms with Crippen molar-refractivity contribution in [3.63, 3.8) is 0 Å². The Balaban J connectivity index is 1.64. The molecular formula is C25H25NO2. The van der Waals surface area contributed by atoms with Crippen LogP contribution in [0, 0.1) is 11.8 Å². The predicted molar refractivity (Wildman–Crippen MR) is 111 cm³/mol. The van der Waals surface area contributed by atoms with E-state index in [2.05, 4.69) is 34.9 Å². The highest BCUT2D eigenvalue weighted by Crippen LogP contribution is 2.43. The molecule has 2 aliphatic carbocycles. The second kappa shape index (κ2) is 6.97. The molecule has 0 saturated heterocycles. The van der Waals surface area contributed by atoms with Gasteiger partial charge in [-0.05, 0) is 66.5 Å². The number of nitrogens with zero attached hydrogens (tertiary/aromatic N) is 1. The van der Waals surface area contributed by atoms with Crippen molar-refractivity contribution in [1.29, 1.82) is 0 Å². The summed E-state index contributed by atoms with van der Waals surface area (Å²) in [6.07, 6.45) is 7.66. The molecule has 1 unspecified atom stereocenters. The number of aromatic carboxylic acids is 1. The zero-order valence-corrected chi connectivity index (χ0v) is 16.0. The number of hydrogen-bond donors (Lipinski definition) is 1. The summed E-state index contributed by atoms with van der Waals surface area (Å²) < 4.78 is 2.30. The summed E-state index contributed by atoms with van der Waals surface area (Å²) in [7, 11) is 0. The Labute approximate surface area is 165 Å². The fourth-order valence-corrected chi connectivity index (χ4v) is 4.97. The first-order valence-corrected chi connectivity index (χ1v) is 10.3. The summed E-state index contributed by atoms with van der Waals surface area (Å²) in [6.45, 7) is 0. The van der Waals surface area contributed by atoms with E-state index in [1.165, 1.54) is 48.2 Å². The lowest BCUT2D eigenvalue weighted by molar-refractivity contribution is 0.0697. The van der Waals surface area contributed by atoms with E-state index in [-0.39, 0.29) is 0 Å². The van der Waals surface area contributed by atoms with Crippen molar-refractivity contribution in [2.75, 3.05) is 0 Å². The number of carboxylic acids is 1. The van der Waals surface area contributed by atoms with E-state index < -0.39 is 5.97 Å². The van der Waals surface area contributed by atoms with E-state index in [1.807, 2.05) is 18.2 Å². The summed E-state index contributed by atoms with van der Waals surface area (Å²) in [5.74, 6) is 0.840. The van der Waals surface area contributed by atoms with Crippen LogP contribution in [0.15, 0.2) is 60.7 Å². The molecule has 1 N–H and O–H groups in total. The maximum atomic E-state index is 11.5. The largest absolute Gasteiger partial charge is 0.478 e. The Bertz CT molecular complexity index is 1010.